The summed E-state index contributed by atoms with van der Waals surface area (Å²) < 4.78 is 32.5. The van der Waals surface area contributed by atoms with Crippen molar-refractivity contribution < 1.29 is 17.9 Å². The number of ether oxygens (including phenoxy) is 1. The summed E-state index contributed by atoms with van der Waals surface area (Å²) in [4.78, 5) is 12.5. The van der Waals surface area contributed by atoms with Crippen LogP contribution in [-0.4, -0.2) is 49.0 Å². The second-order valence-electron chi connectivity index (χ2n) is 7.24. The number of aromatic nitrogens is 2. The van der Waals surface area contributed by atoms with Crippen molar-refractivity contribution in [2.24, 2.45) is 0 Å². The summed E-state index contributed by atoms with van der Waals surface area (Å²) in [7, 11) is -2.18. The molecule has 1 saturated heterocycles. The smallest absolute Gasteiger partial charge is 0.286 e. The van der Waals surface area contributed by atoms with Gasteiger partial charge in [-0.2, -0.15) is 4.31 Å². The molecule has 4 rings (SSSR count). The van der Waals surface area contributed by atoms with E-state index in [-0.39, 0.29) is 26.8 Å². The third kappa shape index (κ3) is 4.78. The number of amides is 1. The number of hydrogen-bond acceptors (Lipinski definition) is 7. The van der Waals surface area contributed by atoms with E-state index in [1.807, 2.05) is 18.2 Å². The average molecular weight is 493 g/mol. The number of benzene rings is 2. The van der Waals surface area contributed by atoms with E-state index in [9.17, 15) is 13.2 Å². The Hall–Kier alpha value is -2.53. The van der Waals surface area contributed by atoms with Crippen LogP contribution in [0.5, 0.6) is 5.75 Å². The molecule has 0 radical (unpaired) electrons. The van der Waals surface area contributed by atoms with Crippen molar-refractivity contribution in [1.82, 2.24) is 14.5 Å². The molecule has 1 fully saturated rings. The molecular weight excluding hydrogens is 472 g/mol. The molecule has 1 amide bonds. The van der Waals surface area contributed by atoms with E-state index >= 15 is 0 Å². The fourth-order valence-electron chi connectivity index (χ4n) is 3.50. The summed E-state index contributed by atoms with van der Waals surface area (Å²) in [5.41, 5.74) is 0.686. The van der Waals surface area contributed by atoms with E-state index in [0.29, 0.717) is 37.4 Å². The lowest BCUT2D eigenvalue weighted by Gasteiger charge is -2.30. The lowest BCUT2D eigenvalue weighted by molar-refractivity contribution is 0.102. The summed E-state index contributed by atoms with van der Waals surface area (Å²) in [5, 5.41) is 12.3. The van der Waals surface area contributed by atoms with Crippen molar-refractivity contribution in [3.05, 3.63) is 63.6 Å². The average Bonchev–Trinajstić information content (AvgIpc) is 3.30. The molecule has 2 aromatic carbocycles. The Morgan fingerprint density at radius 1 is 1.16 bits per heavy atom. The Bertz CT molecular complexity index is 1210. The molecule has 0 spiro atoms. The number of nitrogens with one attached hydrogen (secondary N) is 1. The predicted molar refractivity (Wildman–Crippen MR) is 123 cm³/mol. The molecule has 1 aromatic heterocycles. The number of halogens is 1. The number of anilines is 1. The normalized spacial score (nSPS) is 15.4. The van der Waals surface area contributed by atoms with Crippen LogP contribution in [0, 0.1) is 0 Å². The maximum atomic E-state index is 13.0. The van der Waals surface area contributed by atoms with E-state index < -0.39 is 10.0 Å². The zero-order valence-corrected chi connectivity index (χ0v) is 19.6. The van der Waals surface area contributed by atoms with Gasteiger partial charge in [-0.1, -0.05) is 41.1 Å². The molecule has 1 aliphatic heterocycles. The first-order valence-electron chi connectivity index (χ1n) is 9.92. The second-order valence-corrected chi connectivity index (χ2v) is 10.6. The zero-order chi connectivity index (χ0) is 22.7. The molecule has 32 heavy (non-hydrogen) atoms. The highest BCUT2D eigenvalue weighted by atomic mass is 35.5. The highest BCUT2D eigenvalue weighted by molar-refractivity contribution is 7.89. The summed E-state index contributed by atoms with van der Waals surface area (Å²) in [6.07, 6.45) is 1.19. The molecule has 168 valence electrons. The van der Waals surface area contributed by atoms with Crippen LogP contribution in [0.1, 0.15) is 33.6 Å². The van der Waals surface area contributed by atoms with E-state index in [1.54, 1.807) is 18.2 Å². The summed E-state index contributed by atoms with van der Waals surface area (Å²) in [6, 6.07) is 13.6. The number of rotatable bonds is 6. The van der Waals surface area contributed by atoms with Crippen LogP contribution in [0.2, 0.25) is 5.02 Å². The van der Waals surface area contributed by atoms with Gasteiger partial charge in [0.15, 0.2) is 0 Å². The largest absolute Gasteiger partial charge is 0.495 e. The van der Waals surface area contributed by atoms with Crippen molar-refractivity contribution in [3.8, 4) is 5.75 Å². The van der Waals surface area contributed by atoms with E-state index in [1.165, 1.54) is 34.9 Å². The molecule has 3 aromatic rings. The molecule has 0 bridgehead atoms. The van der Waals surface area contributed by atoms with Crippen molar-refractivity contribution in [2.45, 2.75) is 23.7 Å². The lowest BCUT2D eigenvalue weighted by Crippen LogP contribution is -2.37. The maximum absolute atomic E-state index is 13.0. The molecule has 0 atom stereocenters. The Morgan fingerprint density at radius 3 is 2.53 bits per heavy atom. The van der Waals surface area contributed by atoms with Gasteiger partial charge in [-0.15, -0.1) is 10.2 Å². The fourth-order valence-corrected chi connectivity index (χ4v) is 6.22. The van der Waals surface area contributed by atoms with Crippen LogP contribution in [0.3, 0.4) is 0 Å². The van der Waals surface area contributed by atoms with E-state index in [0.717, 1.165) is 5.01 Å². The fraction of sp³-hybridized carbons (Fsp3) is 0.286. The number of para-hydroxylation sites is 1. The second kappa shape index (κ2) is 9.53. The number of carbonyl (C=O) groups is 1. The quantitative estimate of drug-likeness (QED) is 0.557. The highest BCUT2D eigenvalue weighted by Gasteiger charge is 2.32. The Morgan fingerprint density at radius 2 is 1.88 bits per heavy atom. The molecule has 1 N–H and O–H groups in total. The van der Waals surface area contributed by atoms with Crippen molar-refractivity contribution in [2.75, 3.05) is 25.5 Å². The topological polar surface area (TPSA) is 101 Å². The minimum Gasteiger partial charge on any atom is -0.495 e. The highest BCUT2D eigenvalue weighted by Crippen LogP contribution is 2.34. The number of nitrogens with zero attached hydrogens (tertiary/aromatic N) is 3. The van der Waals surface area contributed by atoms with Gasteiger partial charge in [0.1, 0.15) is 10.8 Å². The minimum atomic E-state index is -3.66. The summed E-state index contributed by atoms with van der Waals surface area (Å²) >= 11 is 7.35. The first-order chi connectivity index (χ1) is 15.4. The van der Waals surface area contributed by atoms with Crippen LogP contribution in [-0.2, 0) is 10.0 Å². The minimum absolute atomic E-state index is 0.0525. The number of hydrogen-bond donors (Lipinski definition) is 1. The van der Waals surface area contributed by atoms with Gasteiger partial charge in [0.25, 0.3) is 5.91 Å². The summed E-state index contributed by atoms with van der Waals surface area (Å²) in [6.45, 7) is 0.698. The van der Waals surface area contributed by atoms with Gasteiger partial charge in [0.2, 0.25) is 15.0 Å². The van der Waals surface area contributed by atoms with Crippen LogP contribution in [0.15, 0.2) is 53.4 Å². The molecule has 1 aliphatic rings. The molecule has 0 saturated carbocycles. The predicted octanol–water partition coefficient (Wildman–Crippen LogP) is 4.02. The zero-order valence-electron chi connectivity index (χ0n) is 17.2. The Kier molecular flexibility index (Phi) is 6.75. The van der Waals surface area contributed by atoms with Gasteiger partial charge in [0, 0.05) is 24.7 Å². The van der Waals surface area contributed by atoms with E-state index in [2.05, 4.69) is 15.5 Å². The SMILES string of the molecule is COc1ccc(S(=O)(=O)N2CCC(c3nnc(C(=O)Nc4ccccc4)s3)CC2)cc1Cl. The Labute approximate surface area is 195 Å². The third-order valence-electron chi connectivity index (χ3n) is 5.23. The van der Waals surface area contributed by atoms with Crippen molar-refractivity contribution in [3.63, 3.8) is 0 Å². The monoisotopic (exact) mass is 492 g/mol. The number of carbonyl (C=O) groups excluding carboxylic acids is 1. The lowest BCUT2D eigenvalue weighted by atomic mass is 9.99. The summed E-state index contributed by atoms with van der Waals surface area (Å²) in [5.74, 6) is 0.167. The number of sulfonamides is 1. The Balaban J connectivity index is 1.39. The van der Waals surface area contributed by atoms with Crippen LogP contribution in [0.4, 0.5) is 5.69 Å². The number of piperidine rings is 1. The van der Waals surface area contributed by atoms with Gasteiger partial charge < -0.3 is 10.1 Å². The molecule has 8 nitrogen and oxygen atoms in total. The van der Waals surface area contributed by atoms with Crippen LogP contribution >= 0.6 is 22.9 Å². The molecule has 0 unspecified atom stereocenters. The van der Waals surface area contributed by atoms with E-state index in [4.69, 9.17) is 16.3 Å². The third-order valence-corrected chi connectivity index (χ3v) is 8.51. The molecular formula is C21H21ClN4O4S2. The van der Waals surface area contributed by atoms with Gasteiger partial charge in [-0.25, -0.2) is 8.42 Å². The molecule has 11 heteroatoms. The van der Waals surface area contributed by atoms with Gasteiger partial charge in [-0.3, -0.25) is 4.79 Å². The maximum Gasteiger partial charge on any atom is 0.286 e. The first-order valence-corrected chi connectivity index (χ1v) is 12.6. The molecule has 2 heterocycles. The standard InChI is InChI=1S/C21H21ClN4O4S2/c1-30-18-8-7-16(13-17(18)22)32(28,29)26-11-9-14(10-12-26)20-24-25-21(31-20)19(27)23-15-5-3-2-4-6-15/h2-8,13-14H,9-12H2,1H3,(H,23,27). The van der Waals surface area contributed by atoms with Crippen LogP contribution in [0.25, 0.3) is 0 Å². The van der Waals surface area contributed by atoms with Crippen LogP contribution < -0.4 is 10.1 Å². The van der Waals surface area contributed by atoms with Crippen molar-refractivity contribution in [1.29, 1.82) is 0 Å². The number of methoxy groups -OCH3 is 1. The molecule has 0 aliphatic carbocycles. The van der Waals surface area contributed by atoms with Gasteiger partial charge >= 0.3 is 0 Å². The van der Waals surface area contributed by atoms with Gasteiger partial charge in [-0.05, 0) is 43.2 Å². The van der Waals surface area contributed by atoms with Crippen molar-refractivity contribution >= 4 is 44.6 Å². The van der Waals surface area contributed by atoms with Gasteiger partial charge in [0.05, 0.1) is 17.0 Å². The first kappa shape index (κ1) is 22.7.